The van der Waals surface area contributed by atoms with Crippen LogP contribution >= 0.6 is 11.8 Å². The molecule has 0 radical (unpaired) electrons. The first kappa shape index (κ1) is 19.8. The van der Waals surface area contributed by atoms with Crippen molar-refractivity contribution in [3.8, 4) is 0 Å². The monoisotopic (exact) mass is 384 g/mol. The first-order valence-electron chi connectivity index (χ1n) is 9.91. The maximum atomic E-state index is 11.5. The van der Waals surface area contributed by atoms with Crippen molar-refractivity contribution in [1.82, 2.24) is 14.7 Å². The fourth-order valence-corrected chi connectivity index (χ4v) is 4.70. The van der Waals surface area contributed by atoms with E-state index in [1.807, 2.05) is 26.0 Å². The number of nitrogens with zero attached hydrogens (tertiary/aromatic N) is 4. The fraction of sp³-hybridized carbons (Fsp3) is 0.476. The van der Waals surface area contributed by atoms with Gasteiger partial charge in [0.05, 0.1) is 12.1 Å². The molecule has 0 bridgehead atoms. The minimum atomic E-state index is 0.731. The number of aldehydes is 1. The zero-order valence-corrected chi connectivity index (χ0v) is 17.5. The molecule has 0 spiro atoms. The van der Waals surface area contributed by atoms with Crippen LogP contribution in [0.5, 0.6) is 0 Å². The molecule has 0 fully saturated rings. The highest BCUT2D eigenvalue weighted by molar-refractivity contribution is 8.15. The van der Waals surface area contributed by atoms with Gasteiger partial charge in [-0.05, 0) is 31.6 Å². The van der Waals surface area contributed by atoms with Gasteiger partial charge in [-0.2, -0.15) is 5.10 Å². The van der Waals surface area contributed by atoms with E-state index in [1.54, 1.807) is 11.8 Å². The molecular weight excluding hydrogens is 356 g/mol. The van der Waals surface area contributed by atoms with Crippen LogP contribution in [0.2, 0.25) is 0 Å². The molecule has 0 atom stereocenters. The number of aliphatic imine (C=N–C) groups is 1. The summed E-state index contributed by atoms with van der Waals surface area (Å²) in [5.74, 6) is 0. The molecule has 0 saturated heterocycles. The molecule has 0 aliphatic carbocycles. The summed E-state index contributed by atoms with van der Waals surface area (Å²) in [5, 5.41) is 7.05. The van der Waals surface area contributed by atoms with Crippen LogP contribution in [0.4, 0.5) is 0 Å². The second-order valence-electron chi connectivity index (χ2n) is 6.29. The topological polar surface area (TPSA) is 50.5 Å². The van der Waals surface area contributed by atoms with Crippen molar-refractivity contribution in [3.63, 3.8) is 0 Å². The average Bonchev–Trinajstić information content (AvgIpc) is 3.11. The summed E-state index contributed by atoms with van der Waals surface area (Å²) in [6, 6.07) is 3.95. The number of fused-ring (bicyclic) bond motifs is 2. The number of thioether (sulfide) groups is 1. The quantitative estimate of drug-likeness (QED) is 0.688. The Morgan fingerprint density at radius 2 is 2.04 bits per heavy atom. The molecule has 2 aliphatic heterocycles. The van der Waals surface area contributed by atoms with Crippen molar-refractivity contribution >= 4 is 39.6 Å². The molecule has 1 aromatic carbocycles. The van der Waals surface area contributed by atoms with Gasteiger partial charge in [0.2, 0.25) is 0 Å². The van der Waals surface area contributed by atoms with Crippen LogP contribution in [0, 0.1) is 0 Å². The van der Waals surface area contributed by atoms with Gasteiger partial charge in [0.1, 0.15) is 10.7 Å². The minimum Gasteiger partial charge on any atom is -0.302 e. The Labute approximate surface area is 165 Å². The van der Waals surface area contributed by atoms with Gasteiger partial charge in [-0.15, -0.1) is 0 Å². The van der Waals surface area contributed by atoms with Crippen LogP contribution in [0.1, 0.15) is 50.2 Å². The SMILES string of the molecule is CC.CCN(CC)CCn1nc2c3c(c(C=O)ccc31)SC1=NCCC=C12. The molecule has 2 aromatic rings. The highest BCUT2D eigenvalue weighted by Crippen LogP contribution is 2.44. The third kappa shape index (κ3) is 3.60. The first-order valence-corrected chi connectivity index (χ1v) is 10.7. The van der Waals surface area contributed by atoms with Crippen molar-refractivity contribution in [2.75, 3.05) is 26.2 Å². The van der Waals surface area contributed by atoms with E-state index in [9.17, 15) is 4.79 Å². The number of benzene rings is 1. The van der Waals surface area contributed by atoms with Crippen LogP contribution in [0.3, 0.4) is 0 Å². The van der Waals surface area contributed by atoms with E-state index >= 15 is 0 Å². The Kier molecular flexibility index (Phi) is 6.50. The van der Waals surface area contributed by atoms with Gasteiger partial charge in [-0.3, -0.25) is 14.5 Å². The Morgan fingerprint density at radius 1 is 1.26 bits per heavy atom. The summed E-state index contributed by atoms with van der Waals surface area (Å²) >= 11 is 1.62. The van der Waals surface area contributed by atoms with Gasteiger partial charge >= 0.3 is 0 Å². The zero-order chi connectivity index (χ0) is 19.4. The normalized spacial score (nSPS) is 15.0. The second kappa shape index (κ2) is 8.85. The van der Waals surface area contributed by atoms with Crippen LogP contribution in [-0.4, -0.2) is 52.2 Å². The molecular formula is C21H28N4OS. The van der Waals surface area contributed by atoms with Crippen molar-refractivity contribution in [2.45, 2.75) is 45.6 Å². The maximum absolute atomic E-state index is 11.5. The number of hydrogen-bond donors (Lipinski definition) is 0. The summed E-state index contributed by atoms with van der Waals surface area (Å²) in [4.78, 5) is 19.6. The molecule has 2 aliphatic rings. The van der Waals surface area contributed by atoms with Crippen LogP contribution in [-0.2, 0) is 6.54 Å². The molecule has 0 saturated carbocycles. The molecule has 0 N–H and O–H groups in total. The third-order valence-corrected chi connectivity index (χ3v) is 6.15. The lowest BCUT2D eigenvalue weighted by Gasteiger charge is -2.20. The van der Waals surface area contributed by atoms with E-state index in [0.717, 1.165) is 83.1 Å². The molecule has 4 rings (SSSR count). The van der Waals surface area contributed by atoms with Crippen LogP contribution < -0.4 is 0 Å². The number of rotatable bonds is 6. The van der Waals surface area contributed by atoms with E-state index in [-0.39, 0.29) is 0 Å². The maximum Gasteiger partial charge on any atom is 0.151 e. The zero-order valence-electron chi connectivity index (χ0n) is 16.7. The summed E-state index contributed by atoms with van der Waals surface area (Å²) in [6.07, 6.45) is 4.13. The molecule has 0 amide bonds. The summed E-state index contributed by atoms with van der Waals surface area (Å²) < 4.78 is 2.10. The number of dihydropyridines is 1. The first-order chi connectivity index (χ1) is 13.3. The molecule has 27 heavy (non-hydrogen) atoms. The molecule has 0 unspecified atom stereocenters. The molecule has 5 nitrogen and oxygen atoms in total. The largest absolute Gasteiger partial charge is 0.302 e. The molecule has 6 heteroatoms. The Bertz CT molecular complexity index is 893. The predicted octanol–water partition coefficient (Wildman–Crippen LogP) is 4.51. The highest BCUT2D eigenvalue weighted by Gasteiger charge is 2.29. The number of aromatic nitrogens is 2. The molecule has 1 aromatic heterocycles. The standard InChI is InChI=1S/C19H22N4OS.C2H6/c1-3-22(4-2)10-11-23-15-8-7-13(12-24)18-16(15)17(21-23)14-6-5-9-20-19(14)25-18;1-2/h6-8,12H,3-5,9-11H2,1-2H3;1-2H3. The third-order valence-electron chi connectivity index (χ3n) is 4.97. The minimum absolute atomic E-state index is 0.731. The smallest absolute Gasteiger partial charge is 0.151 e. The lowest BCUT2D eigenvalue weighted by atomic mass is 10.0. The number of hydrogen-bond acceptors (Lipinski definition) is 5. The number of likely N-dealkylation sites (N-methyl/N-ethyl adjacent to an activating group) is 1. The van der Waals surface area contributed by atoms with E-state index in [0.29, 0.717) is 0 Å². The van der Waals surface area contributed by atoms with Gasteiger partial charge < -0.3 is 4.90 Å². The predicted molar refractivity (Wildman–Crippen MR) is 115 cm³/mol. The fourth-order valence-electron chi connectivity index (χ4n) is 3.52. The van der Waals surface area contributed by atoms with Crippen LogP contribution in [0.15, 0.2) is 28.1 Å². The number of carbonyl (C=O) groups is 1. The van der Waals surface area contributed by atoms with E-state index in [4.69, 9.17) is 5.10 Å². The van der Waals surface area contributed by atoms with Gasteiger partial charge in [-0.25, -0.2) is 0 Å². The summed E-state index contributed by atoms with van der Waals surface area (Å²) in [7, 11) is 0. The van der Waals surface area contributed by atoms with E-state index in [2.05, 4.69) is 34.5 Å². The van der Waals surface area contributed by atoms with Gasteiger partial charge in [0, 0.05) is 34.5 Å². The van der Waals surface area contributed by atoms with E-state index in [1.165, 1.54) is 0 Å². The van der Waals surface area contributed by atoms with Gasteiger partial charge in [0.25, 0.3) is 0 Å². The number of carbonyl (C=O) groups excluding carboxylic acids is 1. The Balaban J connectivity index is 0.00000102. The summed E-state index contributed by atoms with van der Waals surface area (Å²) in [5.41, 5.74) is 3.97. The molecule has 144 valence electrons. The van der Waals surface area contributed by atoms with Crippen molar-refractivity contribution in [3.05, 3.63) is 29.5 Å². The average molecular weight is 385 g/mol. The van der Waals surface area contributed by atoms with Gasteiger partial charge in [-0.1, -0.05) is 45.5 Å². The van der Waals surface area contributed by atoms with Gasteiger partial charge in [0.15, 0.2) is 6.29 Å². The van der Waals surface area contributed by atoms with Crippen molar-refractivity contribution in [2.24, 2.45) is 4.99 Å². The Hall–Kier alpha value is -1.92. The van der Waals surface area contributed by atoms with Crippen molar-refractivity contribution in [1.29, 1.82) is 0 Å². The second-order valence-corrected chi connectivity index (χ2v) is 7.29. The lowest BCUT2D eigenvalue weighted by Crippen LogP contribution is -2.27. The molecule has 3 heterocycles. The highest BCUT2D eigenvalue weighted by atomic mass is 32.2. The lowest BCUT2D eigenvalue weighted by molar-refractivity contribution is 0.112. The van der Waals surface area contributed by atoms with E-state index < -0.39 is 0 Å². The summed E-state index contributed by atoms with van der Waals surface area (Å²) in [6.45, 7) is 13.1. The Morgan fingerprint density at radius 3 is 2.74 bits per heavy atom. The van der Waals surface area contributed by atoms with Crippen LogP contribution in [0.25, 0.3) is 16.5 Å². The van der Waals surface area contributed by atoms with Crippen molar-refractivity contribution < 1.29 is 4.79 Å².